The molecule has 22 heavy (non-hydrogen) atoms. The lowest BCUT2D eigenvalue weighted by Gasteiger charge is -2.17. The summed E-state index contributed by atoms with van der Waals surface area (Å²) in [5.74, 6) is 0.127. The molecule has 0 aliphatic carbocycles. The molecule has 0 aromatic heterocycles. The topological polar surface area (TPSA) is 61.4 Å². The Morgan fingerprint density at radius 2 is 2.09 bits per heavy atom. The van der Waals surface area contributed by atoms with Gasteiger partial charge in [-0.3, -0.25) is 9.59 Å². The van der Waals surface area contributed by atoms with Crippen molar-refractivity contribution in [2.24, 2.45) is 5.92 Å². The smallest absolute Gasteiger partial charge is 0.227 e. The lowest BCUT2D eigenvalue weighted by atomic mass is 10.1. The molecule has 0 saturated heterocycles. The first-order valence-corrected chi connectivity index (χ1v) is 7.94. The van der Waals surface area contributed by atoms with Gasteiger partial charge in [0.05, 0.1) is 0 Å². The summed E-state index contributed by atoms with van der Waals surface area (Å²) in [6.07, 6.45) is 2.07. The summed E-state index contributed by atoms with van der Waals surface area (Å²) in [6.45, 7) is 3.87. The molecule has 1 heterocycles. The lowest BCUT2D eigenvalue weighted by Crippen LogP contribution is -2.35. The van der Waals surface area contributed by atoms with Crippen LogP contribution in [-0.2, 0) is 16.0 Å². The number of carbonyl (C=O) groups is 2. The molecule has 1 atom stereocenters. The molecule has 0 fully saturated rings. The monoisotopic (exact) mass is 303 g/mol. The molecule has 1 aromatic carbocycles. The van der Waals surface area contributed by atoms with E-state index in [0.29, 0.717) is 25.9 Å². The maximum atomic E-state index is 12.3. The summed E-state index contributed by atoms with van der Waals surface area (Å²) in [5, 5.41) is 5.86. The molecular formula is C17H25N3O2. The normalized spacial score (nSPS) is 14.5. The zero-order valence-corrected chi connectivity index (χ0v) is 13.4. The Hall–Kier alpha value is -1.88. The first kappa shape index (κ1) is 16.5. The Labute approximate surface area is 132 Å². The summed E-state index contributed by atoms with van der Waals surface area (Å²) in [4.78, 5) is 25.9. The van der Waals surface area contributed by atoms with Crippen molar-refractivity contribution in [3.63, 3.8) is 0 Å². The van der Waals surface area contributed by atoms with E-state index in [1.165, 1.54) is 5.56 Å². The van der Waals surface area contributed by atoms with Gasteiger partial charge in [-0.1, -0.05) is 25.1 Å². The molecule has 0 saturated carbocycles. The third-order valence-corrected chi connectivity index (χ3v) is 4.01. The van der Waals surface area contributed by atoms with E-state index in [9.17, 15) is 9.59 Å². The second-order valence-electron chi connectivity index (χ2n) is 5.78. The fourth-order valence-electron chi connectivity index (χ4n) is 2.76. The molecular weight excluding hydrogens is 278 g/mol. The fourth-order valence-corrected chi connectivity index (χ4v) is 2.76. The van der Waals surface area contributed by atoms with E-state index in [0.717, 1.165) is 18.7 Å². The molecule has 1 aliphatic heterocycles. The molecule has 1 aromatic rings. The molecule has 2 N–H and O–H groups in total. The van der Waals surface area contributed by atoms with Crippen LogP contribution in [-0.4, -0.2) is 38.5 Å². The van der Waals surface area contributed by atoms with Crippen molar-refractivity contribution in [2.75, 3.05) is 31.6 Å². The predicted molar refractivity (Wildman–Crippen MR) is 87.8 cm³/mol. The van der Waals surface area contributed by atoms with Crippen LogP contribution in [0.1, 0.15) is 25.3 Å². The van der Waals surface area contributed by atoms with Gasteiger partial charge >= 0.3 is 0 Å². The molecule has 2 amide bonds. The second kappa shape index (κ2) is 7.94. The van der Waals surface area contributed by atoms with E-state index in [-0.39, 0.29) is 17.7 Å². The highest BCUT2D eigenvalue weighted by molar-refractivity contribution is 5.95. The van der Waals surface area contributed by atoms with Crippen molar-refractivity contribution in [1.82, 2.24) is 10.6 Å². The predicted octanol–water partition coefficient (Wildman–Crippen LogP) is 1.33. The highest BCUT2D eigenvalue weighted by atomic mass is 16.2. The minimum absolute atomic E-state index is 0.0355. The van der Waals surface area contributed by atoms with Crippen molar-refractivity contribution < 1.29 is 9.59 Å². The largest absolute Gasteiger partial charge is 0.356 e. The first-order chi connectivity index (χ1) is 10.6. The van der Waals surface area contributed by atoms with Crippen LogP contribution in [0.25, 0.3) is 0 Å². The van der Waals surface area contributed by atoms with Crippen molar-refractivity contribution in [2.45, 2.75) is 26.2 Å². The van der Waals surface area contributed by atoms with Gasteiger partial charge in [0.1, 0.15) is 0 Å². The number of anilines is 1. The summed E-state index contributed by atoms with van der Waals surface area (Å²) < 4.78 is 0. The van der Waals surface area contributed by atoms with Gasteiger partial charge in [0.15, 0.2) is 0 Å². The molecule has 2 rings (SSSR count). The Balaban J connectivity index is 1.72. The number of para-hydroxylation sites is 1. The molecule has 1 unspecified atom stereocenters. The van der Waals surface area contributed by atoms with Crippen molar-refractivity contribution >= 4 is 17.5 Å². The average molecular weight is 303 g/mol. The Kier molecular flexibility index (Phi) is 5.95. The van der Waals surface area contributed by atoms with Gasteiger partial charge in [-0.15, -0.1) is 0 Å². The summed E-state index contributed by atoms with van der Waals surface area (Å²) in [7, 11) is 1.83. The molecule has 5 nitrogen and oxygen atoms in total. The van der Waals surface area contributed by atoms with E-state index in [4.69, 9.17) is 0 Å². The number of carbonyl (C=O) groups excluding carboxylic acids is 2. The number of nitrogens with one attached hydrogen (secondary N) is 2. The van der Waals surface area contributed by atoms with Gasteiger partial charge in [-0.25, -0.2) is 0 Å². The highest BCUT2D eigenvalue weighted by Gasteiger charge is 2.23. The molecule has 1 aliphatic rings. The first-order valence-electron chi connectivity index (χ1n) is 7.94. The van der Waals surface area contributed by atoms with Crippen LogP contribution < -0.4 is 15.5 Å². The molecule has 5 heteroatoms. The number of hydrogen-bond donors (Lipinski definition) is 2. The molecule has 120 valence electrons. The molecule has 0 spiro atoms. The number of benzene rings is 1. The summed E-state index contributed by atoms with van der Waals surface area (Å²) in [5.41, 5.74) is 2.28. The quantitative estimate of drug-likeness (QED) is 0.747. The fraction of sp³-hybridized carbons (Fsp3) is 0.529. The zero-order chi connectivity index (χ0) is 15.9. The standard InChI is InChI=1S/C17H25N3O2/c1-13(12-18-2)17(22)19-10-5-8-16(21)20-11-9-14-6-3-4-7-15(14)20/h3-4,6-7,13,18H,5,8-12H2,1-2H3,(H,19,22). The molecule has 0 bridgehead atoms. The van der Waals surface area contributed by atoms with Crippen molar-refractivity contribution in [1.29, 1.82) is 0 Å². The second-order valence-corrected chi connectivity index (χ2v) is 5.78. The number of hydrogen-bond acceptors (Lipinski definition) is 3. The third-order valence-electron chi connectivity index (χ3n) is 4.01. The van der Waals surface area contributed by atoms with Crippen LogP contribution >= 0.6 is 0 Å². The Bertz CT molecular complexity index is 530. The minimum Gasteiger partial charge on any atom is -0.356 e. The van der Waals surface area contributed by atoms with E-state index in [2.05, 4.69) is 16.7 Å². The Morgan fingerprint density at radius 1 is 1.32 bits per heavy atom. The summed E-state index contributed by atoms with van der Waals surface area (Å²) >= 11 is 0. The SMILES string of the molecule is CNCC(C)C(=O)NCCCC(=O)N1CCc2ccccc21. The van der Waals surface area contributed by atoms with Crippen LogP contribution in [0.4, 0.5) is 5.69 Å². The van der Waals surface area contributed by atoms with Gasteiger partial charge in [0.25, 0.3) is 0 Å². The molecule has 0 radical (unpaired) electrons. The number of fused-ring (bicyclic) bond motifs is 1. The third kappa shape index (κ3) is 4.07. The average Bonchev–Trinajstić information content (AvgIpc) is 2.95. The maximum Gasteiger partial charge on any atom is 0.227 e. The van der Waals surface area contributed by atoms with E-state index < -0.39 is 0 Å². The minimum atomic E-state index is -0.0499. The van der Waals surface area contributed by atoms with Gasteiger partial charge in [0.2, 0.25) is 11.8 Å². The van der Waals surface area contributed by atoms with Gasteiger partial charge in [0, 0.05) is 37.7 Å². The van der Waals surface area contributed by atoms with Crippen LogP contribution in [0.2, 0.25) is 0 Å². The number of nitrogens with zero attached hydrogens (tertiary/aromatic N) is 1. The van der Waals surface area contributed by atoms with Crippen LogP contribution in [0, 0.1) is 5.92 Å². The van der Waals surface area contributed by atoms with E-state index >= 15 is 0 Å². The van der Waals surface area contributed by atoms with Gasteiger partial charge in [-0.2, -0.15) is 0 Å². The van der Waals surface area contributed by atoms with Crippen LogP contribution in [0.3, 0.4) is 0 Å². The van der Waals surface area contributed by atoms with E-state index in [1.54, 1.807) is 0 Å². The lowest BCUT2D eigenvalue weighted by molar-refractivity contribution is -0.124. The van der Waals surface area contributed by atoms with Crippen LogP contribution in [0.15, 0.2) is 24.3 Å². The maximum absolute atomic E-state index is 12.3. The number of rotatable bonds is 7. The Morgan fingerprint density at radius 3 is 2.86 bits per heavy atom. The number of amides is 2. The van der Waals surface area contributed by atoms with E-state index in [1.807, 2.05) is 37.1 Å². The highest BCUT2D eigenvalue weighted by Crippen LogP contribution is 2.27. The van der Waals surface area contributed by atoms with Gasteiger partial charge < -0.3 is 15.5 Å². The van der Waals surface area contributed by atoms with Crippen LogP contribution in [0.5, 0.6) is 0 Å². The zero-order valence-electron chi connectivity index (χ0n) is 13.4. The van der Waals surface area contributed by atoms with Crippen molar-refractivity contribution in [3.05, 3.63) is 29.8 Å². The van der Waals surface area contributed by atoms with Gasteiger partial charge in [-0.05, 0) is 31.5 Å². The summed E-state index contributed by atoms with van der Waals surface area (Å²) in [6, 6.07) is 8.05. The van der Waals surface area contributed by atoms with Crippen molar-refractivity contribution in [3.8, 4) is 0 Å².